The summed E-state index contributed by atoms with van der Waals surface area (Å²) >= 11 is 0. The topological polar surface area (TPSA) is 96.8 Å². The summed E-state index contributed by atoms with van der Waals surface area (Å²) in [6, 6.07) is 9.28. The summed E-state index contributed by atoms with van der Waals surface area (Å²) in [4.78, 5) is 10.6. The van der Waals surface area contributed by atoms with Crippen molar-refractivity contribution in [2.24, 2.45) is 0 Å². The Bertz CT molecular complexity index is 770. The third kappa shape index (κ3) is 1.48. The maximum absolute atomic E-state index is 11.2. The van der Waals surface area contributed by atoms with Gasteiger partial charge in [0.1, 0.15) is 6.07 Å². The summed E-state index contributed by atoms with van der Waals surface area (Å²) in [7, 11) is 0. The number of nitrogens with one attached hydrogen (secondary N) is 1. The van der Waals surface area contributed by atoms with E-state index in [2.05, 4.69) is 10.4 Å². The second kappa shape index (κ2) is 3.81. The molecule has 0 atom stereocenters. The number of fused-ring (bicyclic) bond motifs is 3. The maximum atomic E-state index is 11.2. The molecule has 1 N–H and O–H groups in total. The Labute approximate surface area is 114 Å². The zero-order chi connectivity index (χ0) is 14.5. The molecule has 100 valence electrons. The van der Waals surface area contributed by atoms with E-state index in [1.54, 1.807) is 6.07 Å². The molecular weight excluding hydrogens is 258 g/mol. The monoisotopic (exact) mass is 269 g/mol. The first-order valence-corrected chi connectivity index (χ1v) is 6.01. The van der Waals surface area contributed by atoms with Crippen LogP contribution in [0.5, 0.6) is 0 Å². The van der Waals surface area contributed by atoms with Gasteiger partial charge in [0.25, 0.3) is 0 Å². The summed E-state index contributed by atoms with van der Waals surface area (Å²) in [5.41, 5.74) is 0.759. The van der Waals surface area contributed by atoms with E-state index in [4.69, 9.17) is 5.26 Å². The molecule has 7 nitrogen and oxygen atoms in total. The number of benzene rings is 1. The van der Waals surface area contributed by atoms with Crippen LogP contribution in [-0.2, 0) is 5.54 Å². The second-order valence-electron chi connectivity index (χ2n) is 5.09. The fourth-order valence-corrected chi connectivity index (χ4v) is 2.49. The van der Waals surface area contributed by atoms with E-state index < -0.39 is 10.5 Å². The second-order valence-corrected chi connectivity index (χ2v) is 5.09. The number of hydrogen-bond donors (Lipinski definition) is 1. The van der Waals surface area contributed by atoms with E-state index >= 15 is 0 Å². The fourth-order valence-electron chi connectivity index (χ4n) is 2.49. The van der Waals surface area contributed by atoms with Crippen LogP contribution in [0.1, 0.15) is 25.1 Å². The summed E-state index contributed by atoms with van der Waals surface area (Å²) in [6.45, 7) is 3.86. The van der Waals surface area contributed by atoms with Gasteiger partial charge in [-0.05, 0) is 19.9 Å². The number of aromatic nitrogens is 2. The number of para-hydroxylation sites is 1. The summed E-state index contributed by atoms with van der Waals surface area (Å²) in [6.07, 6.45) is 0. The van der Waals surface area contributed by atoms with Crippen molar-refractivity contribution >= 4 is 11.5 Å². The molecule has 0 saturated heterocycles. The van der Waals surface area contributed by atoms with Gasteiger partial charge >= 0.3 is 5.69 Å². The van der Waals surface area contributed by atoms with Crippen LogP contribution in [0, 0.1) is 21.4 Å². The number of nitrogens with zero attached hydrogens (tertiary/aromatic N) is 4. The van der Waals surface area contributed by atoms with E-state index in [1.807, 2.05) is 38.1 Å². The van der Waals surface area contributed by atoms with Gasteiger partial charge in [0.05, 0.1) is 16.1 Å². The Morgan fingerprint density at radius 2 is 2.15 bits per heavy atom. The number of nitro groups is 1. The van der Waals surface area contributed by atoms with Crippen LogP contribution in [0.4, 0.5) is 11.5 Å². The van der Waals surface area contributed by atoms with Gasteiger partial charge < -0.3 is 5.32 Å². The van der Waals surface area contributed by atoms with Gasteiger partial charge in [-0.15, -0.1) is 5.10 Å². The van der Waals surface area contributed by atoms with Crippen LogP contribution >= 0.6 is 0 Å². The average molecular weight is 269 g/mol. The zero-order valence-electron chi connectivity index (χ0n) is 10.9. The molecule has 2 aromatic rings. The summed E-state index contributed by atoms with van der Waals surface area (Å²) < 4.78 is 1.43. The van der Waals surface area contributed by atoms with Crippen molar-refractivity contribution in [2.75, 3.05) is 5.32 Å². The molecular formula is C13H11N5O2. The quantitative estimate of drug-likeness (QED) is 0.633. The van der Waals surface area contributed by atoms with Crippen molar-refractivity contribution in [3.8, 4) is 11.8 Å². The van der Waals surface area contributed by atoms with E-state index in [0.29, 0.717) is 0 Å². The van der Waals surface area contributed by atoms with Crippen LogP contribution < -0.4 is 5.32 Å². The molecule has 2 heterocycles. The Morgan fingerprint density at radius 1 is 1.45 bits per heavy atom. The summed E-state index contributed by atoms with van der Waals surface area (Å²) in [5, 5.41) is 27.4. The first kappa shape index (κ1) is 12.2. The third-order valence-corrected chi connectivity index (χ3v) is 3.39. The molecule has 1 aliphatic heterocycles. The smallest absolute Gasteiger partial charge is 0.349 e. The van der Waals surface area contributed by atoms with Gasteiger partial charge in [0.15, 0.2) is 0 Å². The van der Waals surface area contributed by atoms with E-state index in [1.165, 1.54) is 4.68 Å². The molecule has 7 heteroatoms. The lowest BCUT2D eigenvalue weighted by Gasteiger charge is -2.34. The normalized spacial score (nSPS) is 14.7. The Balaban J connectivity index is 2.38. The van der Waals surface area contributed by atoms with Gasteiger partial charge in [-0.2, -0.15) is 5.26 Å². The highest BCUT2D eigenvalue weighted by molar-refractivity contribution is 5.71. The van der Waals surface area contributed by atoms with Crippen LogP contribution in [0.3, 0.4) is 0 Å². The lowest BCUT2D eigenvalue weighted by atomic mass is 9.91. The highest BCUT2D eigenvalue weighted by Gasteiger charge is 2.38. The zero-order valence-corrected chi connectivity index (χ0v) is 10.9. The predicted molar refractivity (Wildman–Crippen MR) is 71.6 cm³/mol. The fraction of sp³-hybridized carbons (Fsp3) is 0.231. The highest BCUT2D eigenvalue weighted by Crippen LogP contribution is 2.41. The predicted octanol–water partition coefficient (Wildman–Crippen LogP) is 2.31. The molecule has 0 spiro atoms. The lowest BCUT2D eigenvalue weighted by molar-refractivity contribution is -0.384. The largest absolute Gasteiger partial charge is 0.355 e. The van der Waals surface area contributed by atoms with Crippen LogP contribution in [-0.4, -0.2) is 14.7 Å². The Hall–Kier alpha value is -2.88. The van der Waals surface area contributed by atoms with Gasteiger partial charge in [-0.25, -0.2) is 4.68 Å². The van der Waals surface area contributed by atoms with Gasteiger partial charge in [0.2, 0.25) is 11.5 Å². The molecule has 1 aromatic carbocycles. The highest BCUT2D eigenvalue weighted by atomic mass is 16.6. The average Bonchev–Trinajstić information content (AvgIpc) is 2.76. The minimum atomic E-state index is -0.575. The molecule has 0 saturated carbocycles. The van der Waals surface area contributed by atoms with Gasteiger partial charge in [-0.3, -0.25) is 10.1 Å². The van der Waals surface area contributed by atoms with Crippen molar-refractivity contribution in [3.05, 3.63) is 45.6 Å². The van der Waals surface area contributed by atoms with Crippen LogP contribution in [0.25, 0.3) is 5.69 Å². The number of anilines is 1. The van der Waals surface area contributed by atoms with Crippen LogP contribution in [0.15, 0.2) is 24.3 Å². The Kier molecular flexibility index (Phi) is 2.32. The molecule has 3 rings (SSSR count). The van der Waals surface area contributed by atoms with E-state index in [0.717, 1.165) is 11.3 Å². The molecule has 0 unspecified atom stereocenters. The molecule has 20 heavy (non-hydrogen) atoms. The minimum Gasteiger partial charge on any atom is -0.355 e. The molecule has 0 amide bonds. The number of nitriles is 1. The SMILES string of the molecule is CC1(C)Nc2c([N+](=O)[O-])c(C#N)nn2-c2ccccc21. The minimum absolute atomic E-state index is 0.190. The van der Waals surface area contributed by atoms with Crippen molar-refractivity contribution < 1.29 is 4.92 Å². The number of hydrogen-bond acceptors (Lipinski definition) is 5. The molecule has 0 bridgehead atoms. The number of rotatable bonds is 1. The molecule has 0 radical (unpaired) electrons. The van der Waals surface area contributed by atoms with Crippen molar-refractivity contribution in [1.29, 1.82) is 5.26 Å². The molecule has 1 aromatic heterocycles. The first-order valence-electron chi connectivity index (χ1n) is 6.01. The molecule has 0 fully saturated rings. The van der Waals surface area contributed by atoms with E-state index in [9.17, 15) is 10.1 Å². The van der Waals surface area contributed by atoms with Gasteiger partial charge in [0, 0.05) is 5.56 Å². The van der Waals surface area contributed by atoms with Crippen molar-refractivity contribution in [1.82, 2.24) is 9.78 Å². The van der Waals surface area contributed by atoms with Crippen LogP contribution in [0.2, 0.25) is 0 Å². The Morgan fingerprint density at radius 3 is 2.80 bits per heavy atom. The van der Waals surface area contributed by atoms with Gasteiger partial charge in [-0.1, -0.05) is 18.2 Å². The standard InChI is InChI=1S/C13H11N5O2/c1-13(2)8-5-3-4-6-10(8)17-12(15-13)11(18(19)20)9(7-14)16-17/h3-6,15H,1-2H3. The lowest BCUT2D eigenvalue weighted by Crippen LogP contribution is -2.34. The van der Waals surface area contributed by atoms with E-state index in [-0.39, 0.29) is 17.2 Å². The maximum Gasteiger partial charge on any atom is 0.349 e. The third-order valence-electron chi connectivity index (χ3n) is 3.39. The molecule has 0 aliphatic carbocycles. The van der Waals surface area contributed by atoms with Crippen molar-refractivity contribution in [3.63, 3.8) is 0 Å². The first-order chi connectivity index (χ1) is 9.45. The summed E-state index contributed by atoms with van der Waals surface area (Å²) in [5.74, 6) is 0.246. The van der Waals surface area contributed by atoms with Crippen molar-refractivity contribution in [2.45, 2.75) is 19.4 Å². The molecule has 1 aliphatic rings.